The Labute approximate surface area is 307 Å². The summed E-state index contributed by atoms with van der Waals surface area (Å²) in [5.41, 5.74) is 11.3. The predicted molar refractivity (Wildman–Crippen MR) is 225 cm³/mol. The van der Waals surface area contributed by atoms with Gasteiger partial charge >= 0.3 is 0 Å². The van der Waals surface area contributed by atoms with Gasteiger partial charge in [0.1, 0.15) is 11.2 Å². The van der Waals surface area contributed by atoms with Crippen LogP contribution in [0.2, 0.25) is 0 Å². The van der Waals surface area contributed by atoms with Crippen molar-refractivity contribution in [1.82, 2.24) is 0 Å². The predicted octanol–water partition coefficient (Wildman–Crippen LogP) is 14.9. The van der Waals surface area contributed by atoms with E-state index < -0.39 is 0 Å². The molecule has 11 rings (SSSR count). The van der Waals surface area contributed by atoms with Crippen LogP contribution in [0.5, 0.6) is 0 Å². The van der Waals surface area contributed by atoms with Gasteiger partial charge in [0, 0.05) is 16.3 Å². The zero-order chi connectivity index (χ0) is 34.9. The van der Waals surface area contributed by atoms with Gasteiger partial charge in [0.25, 0.3) is 0 Å². The highest BCUT2D eigenvalue weighted by atomic mass is 16.3. The summed E-state index contributed by atoms with van der Waals surface area (Å²) in [6.45, 7) is 0. The minimum atomic E-state index is 0.894. The summed E-state index contributed by atoms with van der Waals surface area (Å²) in [6.07, 6.45) is 0. The third-order valence-electron chi connectivity index (χ3n) is 11.1. The molecule has 11 aromatic rings. The van der Waals surface area contributed by atoms with Crippen molar-refractivity contribution < 1.29 is 4.42 Å². The van der Waals surface area contributed by atoms with Gasteiger partial charge in [-0.25, -0.2) is 0 Å². The maximum absolute atomic E-state index is 6.79. The van der Waals surface area contributed by atoms with E-state index in [1.165, 1.54) is 76.5 Å². The van der Waals surface area contributed by atoms with Gasteiger partial charge in [-0.05, 0) is 100 Å². The summed E-state index contributed by atoms with van der Waals surface area (Å²) in [7, 11) is 0. The Morgan fingerprint density at radius 3 is 1.66 bits per heavy atom. The Balaban J connectivity index is 1.31. The van der Waals surface area contributed by atoms with Gasteiger partial charge in [-0.3, -0.25) is 0 Å². The second-order valence-electron chi connectivity index (χ2n) is 13.9. The smallest absolute Gasteiger partial charge is 0.143 e. The van der Waals surface area contributed by atoms with Crippen LogP contribution in [0.4, 0.5) is 0 Å². The molecule has 10 aromatic carbocycles. The molecule has 246 valence electrons. The molecule has 0 aliphatic rings. The topological polar surface area (TPSA) is 13.1 Å². The van der Waals surface area contributed by atoms with Crippen molar-refractivity contribution in [2.45, 2.75) is 0 Å². The summed E-state index contributed by atoms with van der Waals surface area (Å²) in [6, 6.07) is 70.5. The number of para-hydroxylation sites is 1. The number of furan rings is 1. The molecule has 0 aliphatic carbocycles. The molecule has 0 atom stereocenters. The van der Waals surface area contributed by atoms with Crippen molar-refractivity contribution in [2.75, 3.05) is 0 Å². The molecule has 1 heterocycles. The molecule has 0 saturated heterocycles. The number of fused-ring (bicyclic) bond motifs is 8. The minimum absolute atomic E-state index is 0.894. The highest BCUT2D eigenvalue weighted by Gasteiger charge is 2.23. The summed E-state index contributed by atoms with van der Waals surface area (Å²) in [4.78, 5) is 0. The summed E-state index contributed by atoms with van der Waals surface area (Å²) in [5.74, 6) is 0. The monoisotopic (exact) mass is 672 g/mol. The second kappa shape index (κ2) is 11.8. The summed E-state index contributed by atoms with van der Waals surface area (Å²) in [5, 5.41) is 12.2. The average Bonchev–Trinajstić information content (AvgIpc) is 3.63. The van der Waals surface area contributed by atoms with Gasteiger partial charge in [0.2, 0.25) is 0 Å². The van der Waals surface area contributed by atoms with Gasteiger partial charge in [-0.2, -0.15) is 0 Å². The van der Waals surface area contributed by atoms with Crippen LogP contribution in [0.3, 0.4) is 0 Å². The first-order valence-electron chi connectivity index (χ1n) is 18.3. The Morgan fingerprint density at radius 1 is 0.283 bits per heavy atom. The van der Waals surface area contributed by atoms with Crippen LogP contribution in [0.1, 0.15) is 0 Å². The van der Waals surface area contributed by atoms with Crippen LogP contribution in [-0.4, -0.2) is 0 Å². The molecule has 0 amide bonds. The van der Waals surface area contributed by atoms with Crippen LogP contribution in [0, 0.1) is 0 Å². The Morgan fingerprint density at radius 2 is 0.868 bits per heavy atom. The Bertz CT molecular complexity index is 3210. The third-order valence-corrected chi connectivity index (χ3v) is 11.1. The van der Waals surface area contributed by atoms with Crippen molar-refractivity contribution in [1.29, 1.82) is 0 Å². The largest absolute Gasteiger partial charge is 0.455 e. The molecule has 0 fully saturated rings. The zero-order valence-electron chi connectivity index (χ0n) is 28.9. The lowest BCUT2D eigenvalue weighted by Crippen LogP contribution is -1.93. The van der Waals surface area contributed by atoms with E-state index >= 15 is 0 Å². The number of rotatable bonds is 4. The number of benzene rings is 10. The molecule has 1 nitrogen and oxygen atoms in total. The van der Waals surface area contributed by atoms with Gasteiger partial charge in [-0.1, -0.05) is 176 Å². The molecule has 1 aromatic heterocycles. The van der Waals surface area contributed by atoms with Crippen molar-refractivity contribution in [3.05, 3.63) is 194 Å². The fourth-order valence-corrected chi connectivity index (χ4v) is 8.71. The van der Waals surface area contributed by atoms with E-state index in [1.54, 1.807) is 0 Å². The fourth-order valence-electron chi connectivity index (χ4n) is 8.71. The van der Waals surface area contributed by atoms with E-state index in [1.807, 2.05) is 0 Å². The number of hydrogen-bond donors (Lipinski definition) is 0. The van der Waals surface area contributed by atoms with Crippen molar-refractivity contribution in [3.63, 3.8) is 0 Å². The van der Waals surface area contributed by atoms with E-state index in [2.05, 4.69) is 194 Å². The lowest BCUT2D eigenvalue weighted by Gasteiger charge is -2.20. The normalized spacial score (nSPS) is 11.8. The highest BCUT2D eigenvalue weighted by Crippen LogP contribution is 2.50. The van der Waals surface area contributed by atoms with Crippen molar-refractivity contribution in [2.24, 2.45) is 0 Å². The average molecular weight is 673 g/mol. The van der Waals surface area contributed by atoms with Gasteiger partial charge < -0.3 is 4.42 Å². The molecule has 0 aliphatic heterocycles. The Hall–Kier alpha value is -6.96. The van der Waals surface area contributed by atoms with Gasteiger partial charge in [-0.15, -0.1) is 0 Å². The second-order valence-corrected chi connectivity index (χ2v) is 13.9. The summed E-state index contributed by atoms with van der Waals surface area (Å²) < 4.78 is 6.79. The maximum Gasteiger partial charge on any atom is 0.143 e. The van der Waals surface area contributed by atoms with E-state index in [-0.39, 0.29) is 0 Å². The zero-order valence-corrected chi connectivity index (χ0v) is 28.9. The Kier molecular flexibility index (Phi) is 6.62. The van der Waals surface area contributed by atoms with Crippen LogP contribution >= 0.6 is 0 Å². The van der Waals surface area contributed by atoms with Crippen LogP contribution in [0.25, 0.3) is 110 Å². The molecule has 0 N–H and O–H groups in total. The summed E-state index contributed by atoms with van der Waals surface area (Å²) >= 11 is 0. The first-order valence-corrected chi connectivity index (χ1v) is 18.3. The van der Waals surface area contributed by atoms with E-state index in [4.69, 9.17) is 4.42 Å². The third kappa shape index (κ3) is 4.58. The standard InChI is InChI=1S/C52H32O/c1-3-14-33(15-4-1)36-27-29-44-47(32-36)50(46-31-30-38(34-16-5-2-6-17-34)52-51(46)45-22-11-12-25-48(45)53-52)43-21-10-9-20-42(43)49(44)41-24-13-23-39-37-19-8-7-18-35(37)26-28-40(39)41/h1-32H. The quantitative estimate of drug-likeness (QED) is 0.134. The van der Waals surface area contributed by atoms with Crippen LogP contribution in [0.15, 0.2) is 199 Å². The molecule has 0 radical (unpaired) electrons. The fraction of sp³-hybridized carbons (Fsp3) is 0. The van der Waals surface area contributed by atoms with Crippen molar-refractivity contribution >= 4 is 65.0 Å². The van der Waals surface area contributed by atoms with E-state index in [9.17, 15) is 0 Å². The molecular weight excluding hydrogens is 641 g/mol. The van der Waals surface area contributed by atoms with E-state index in [0.29, 0.717) is 0 Å². The van der Waals surface area contributed by atoms with Gasteiger partial charge in [0.05, 0.1) is 0 Å². The SMILES string of the molecule is c1ccc(-c2ccc3c(-c4cccc5c4ccc4ccccc45)c4ccccc4c(-c4ccc(-c5ccccc5)c5oc6ccccc6c45)c3c2)cc1. The van der Waals surface area contributed by atoms with Crippen LogP contribution in [-0.2, 0) is 0 Å². The molecule has 0 bridgehead atoms. The molecule has 0 spiro atoms. The molecule has 53 heavy (non-hydrogen) atoms. The highest BCUT2D eigenvalue weighted by molar-refractivity contribution is 6.28. The van der Waals surface area contributed by atoms with Crippen LogP contribution < -0.4 is 0 Å². The lowest BCUT2D eigenvalue weighted by atomic mass is 9.82. The molecular formula is C52H32O. The molecule has 0 unspecified atom stereocenters. The minimum Gasteiger partial charge on any atom is -0.455 e. The first kappa shape index (κ1) is 29.7. The maximum atomic E-state index is 6.79. The molecule has 1 heteroatoms. The van der Waals surface area contributed by atoms with Crippen molar-refractivity contribution in [3.8, 4) is 44.5 Å². The lowest BCUT2D eigenvalue weighted by molar-refractivity contribution is 0.670. The molecule has 0 saturated carbocycles. The number of hydrogen-bond acceptors (Lipinski definition) is 1. The van der Waals surface area contributed by atoms with E-state index in [0.717, 1.165) is 33.1 Å². The van der Waals surface area contributed by atoms with Gasteiger partial charge in [0.15, 0.2) is 0 Å². The first-order chi connectivity index (χ1) is 26.3.